The van der Waals surface area contributed by atoms with Gasteiger partial charge in [-0.2, -0.15) is 0 Å². The molecule has 1 fully saturated rings. The van der Waals surface area contributed by atoms with E-state index in [1.54, 1.807) is 0 Å². The van der Waals surface area contributed by atoms with E-state index < -0.39 is 0 Å². The van der Waals surface area contributed by atoms with E-state index in [9.17, 15) is 0 Å². The highest BCUT2D eigenvalue weighted by Crippen LogP contribution is 2.04. The maximum atomic E-state index is 6.25. The summed E-state index contributed by atoms with van der Waals surface area (Å²) in [5, 5.41) is 6.25. The molecule has 1 N–H and O–H groups in total. The van der Waals surface area contributed by atoms with Crippen LogP contribution in [0, 0.1) is 11.8 Å². The van der Waals surface area contributed by atoms with Gasteiger partial charge in [-0.25, -0.2) is 0 Å². The molecule has 1 aliphatic heterocycles. The van der Waals surface area contributed by atoms with E-state index in [4.69, 9.17) is 11.8 Å². The second-order valence-electron chi connectivity index (χ2n) is 4.97. The summed E-state index contributed by atoms with van der Waals surface area (Å²) in [6.45, 7) is 12.3. The monoisotopic (exact) mass is 224 g/mol. The van der Waals surface area contributed by atoms with Gasteiger partial charge >= 0.3 is 0 Å². The van der Waals surface area contributed by atoms with Gasteiger partial charge in [0, 0.05) is 0 Å². The maximum absolute atomic E-state index is 6.25. The van der Waals surface area contributed by atoms with Crippen molar-refractivity contribution in [2.24, 2.45) is 0 Å². The SMILES string of the molecule is CCCCCCC[NH+]1CCCCC1C.[C-]#N. The zero-order valence-corrected chi connectivity index (χ0v) is 11.1. The van der Waals surface area contributed by atoms with Gasteiger partial charge < -0.3 is 16.7 Å². The third-order valence-electron chi connectivity index (χ3n) is 3.68. The van der Waals surface area contributed by atoms with Gasteiger partial charge in [-0.3, -0.25) is 0 Å². The van der Waals surface area contributed by atoms with E-state index in [2.05, 4.69) is 13.8 Å². The lowest BCUT2D eigenvalue weighted by atomic mass is 10.0. The molecule has 94 valence electrons. The molecule has 0 aliphatic carbocycles. The van der Waals surface area contributed by atoms with E-state index in [1.165, 1.54) is 64.5 Å². The van der Waals surface area contributed by atoms with Gasteiger partial charge in [0.05, 0.1) is 19.1 Å². The van der Waals surface area contributed by atoms with Crippen LogP contribution in [0.1, 0.15) is 65.2 Å². The summed E-state index contributed by atoms with van der Waals surface area (Å²) in [5.74, 6) is 0. The minimum absolute atomic E-state index is 0.940. The first kappa shape index (κ1) is 15.4. The summed E-state index contributed by atoms with van der Waals surface area (Å²) in [6, 6.07) is 0.940. The Kier molecular flexibility index (Phi) is 10.6. The van der Waals surface area contributed by atoms with E-state index >= 15 is 0 Å². The third kappa shape index (κ3) is 6.85. The van der Waals surface area contributed by atoms with Crippen molar-refractivity contribution >= 4 is 0 Å². The normalized spacial score (nSPS) is 24.5. The standard InChI is InChI=1S/C13H27N.CN/c1-3-4-5-6-8-11-14-12-9-7-10-13(14)2;1-2/h13H,3-12H2,1-2H3;/q;-1/p+1. The number of hydrogen-bond acceptors (Lipinski definition) is 1. The lowest BCUT2D eigenvalue weighted by molar-refractivity contribution is -0.928. The van der Waals surface area contributed by atoms with Crippen LogP contribution in [0.25, 0.3) is 0 Å². The summed E-state index contributed by atoms with van der Waals surface area (Å²) in [7, 11) is 0. The highest BCUT2D eigenvalue weighted by Gasteiger charge is 2.20. The van der Waals surface area contributed by atoms with Crippen molar-refractivity contribution in [3.05, 3.63) is 6.57 Å². The van der Waals surface area contributed by atoms with Gasteiger partial charge in [0.2, 0.25) is 0 Å². The molecule has 1 heterocycles. The molecule has 0 aromatic rings. The quantitative estimate of drug-likeness (QED) is 0.545. The number of quaternary nitrogens is 1. The Morgan fingerprint density at radius 3 is 2.44 bits per heavy atom. The van der Waals surface area contributed by atoms with E-state index in [0.29, 0.717) is 0 Å². The molecule has 0 amide bonds. The molecule has 1 saturated heterocycles. The van der Waals surface area contributed by atoms with Crippen molar-refractivity contribution < 1.29 is 4.90 Å². The van der Waals surface area contributed by atoms with Crippen molar-refractivity contribution in [2.75, 3.05) is 13.1 Å². The number of piperidine rings is 1. The lowest BCUT2D eigenvalue weighted by Gasteiger charge is -2.30. The molecule has 0 spiro atoms. The molecular weight excluding hydrogens is 196 g/mol. The molecule has 2 heteroatoms. The maximum Gasteiger partial charge on any atom is 0.0846 e. The zero-order chi connectivity index (χ0) is 12.2. The third-order valence-corrected chi connectivity index (χ3v) is 3.68. The Bertz CT molecular complexity index is 165. The minimum atomic E-state index is 0.940. The highest BCUT2D eigenvalue weighted by molar-refractivity contribution is 4.55. The fourth-order valence-corrected chi connectivity index (χ4v) is 2.58. The van der Waals surface area contributed by atoms with Crippen LogP contribution in [-0.2, 0) is 0 Å². The van der Waals surface area contributed by atoms with Crippen LogP contribution >= 0.6 is 0 Å². The summed E-state index contributed by atoms with van der Waals surface area (Å²) >= 11 is 0. The van der Waals surface area contributed by atoms with Gasteiger partial charge in [-0.15, -0.1) is 0 Å². The van der Waals surface area contributed by atoms with Crippen LogP contribution in [0.3, 0.4) is 0 Å². The van der Waals surface area contributed by atoms with Crippen molar-refractivity contribution in [2.45, 2.75) is 71.3 Å². The van der Waals surface area contributed by atoms with E-state index in [1.807, 2.05) is 4.90 Å². The number of nitrogens with one attached hydrogen (secondary N) is 1. The van der Waals surface area contributed by atoms with E-state index in [-0.39, 0.29) is 0 Å². The van der Waals surface area contributed by atoms with Gasteiger partial charge in [-0.1, -0.05) is 26.2 Å². The largest absolute Gasteiger partial charge is 0.512 e. The summed E-state index contributed by atoms with van der Waals surface area (Å²) < 4.78 is 0. The molecule has 0 saturated carbocycles. The summed E-state index contributed by atoms with van der Waals surface area (Å²) in [5.41, 5.74) is 0. The van der Waals surface area contributed by atoms with Gasteiger partial charge in [-0.05, 0) is 39.0 Å². The topological polar surface area (TPSA) is 28.2 Å². The average Bonchev–Trinajstić information content (AvgIpc) is 2.34. The molecular formula is C14H28N2. The molecule has 0 aromatic carbocycles. The van der Waals surface area contributed by atoms with E-state index in [0.717, 1.165) is 6.04 Å². The predicted octanol–water partition coefficient (Wildman–Crippen LogP) is 2.51. The second-order valence-corrected chi connectivity index (χ2v) is 4.97. The fourth-order valence-electron chi connectivity index (χ4n) is 2.58. The number of nitrogens with zero attached hydrogens (tertiary/aromatic N) is 1. The predicted molar refractivity (Wildman–Crippen MR) is 67.7 cm³/mol. The molecule has 1 rings (SSSR count). The first-order chi connectivity index (χ1) is 7.84. The van der Waals surface area contributed by atoms with Crippen LogP contribution < -0.4 is 4.90 Å². The van der Waals surface area contributed by atoms with Crippen LogP contribution in [0.5, 0.6) is 0 Å². The Labute approximate surface area is 102 Å². The zero-order valence-electron chi connectivity index (χ0n) is 11.1. The number of likely N-dealkylation sites (tertiary alicyclic amines) is 1. The molecule has 2 atom stereocenters. The number of unbranched alkanes of at least 4 members (excludes halogenated alkanes) is 4. The molecule has 0 bridgehead atoms. The highest BCUT2D eigenvalue weighted by atomic mass is 15.1. The molecule has 2 nitrogen and oxygen atoms in total. The van der Waals surface area contributed by atoms with Crippen LogP contribution in [0.2, 0.25) is 0 Å². The second kappa shape index (κ2) is 11.0. The van der Waals surface area contributed by atoms with Crippen molar-refractivity contribution in [3.8, 4) is 0 Å². The molecule has 0 aromatic heterocycles. The molecule has 16 heavy (non-hydrogen) atoms. The Hall–Kier alpha value is -0.550. The van der Waals surface area contributed by atoms with Crippen LogP contribution in [0.15, 0.2) is 0 Å². The smallest absolute Gasteiger partial charge is 0.0846 e. The van der Waals surface area contributed by atoms with Crippen molar-refractivity contribution in [1.82, 2.24) is 0 Å². The molecule has 1 aliphatic rings. The van der Waals surface area contributed by atoms with Crippen molar-refractivity contribution in [1.29, 1.82) is 5.26 Å². The van der Waals surface area contributed by atoms with Crippen molar-refractivity contribution in [3.63, 3.8) is 0 Å². The Morgan fingerprint density at radius 2 is 1.81 bits per heavy atom. The van der Waals surface area contributed by atoms with Gasteiger partial charge in [0.25, 0.3) is 0 Å². The van der Waals surface area contributed by atoms with Gasteiger partial charge in [0.15, 0.2) is 0 Å². The summed E-state index contributed by atoms with van der Waals surface area (Å²) in [4.78, 5) is 1.88. The first-order valence-electron chi connectivity index (χ1n) is 6.91. The fraction of sp³-hybridized carbons (Fsp3) is 0.929. The minimum Gasteiger partial charge on any atom is -0.512 e. The van der Waals surface area contributed by atoms with Gasteiger partial charge in [0.1, 0.15) is 0 Å². The lowest BCUT2D eigenvalue weighted by Crippen LogP contribution is -3.16. The Morgan fingerprint density at radius 1 is 1.12 bits per heavy atom. The molecule has 2 unspecified atom stereocenters. The van der Waals surface area contributed by atoms with Crippen LogP contribution in [0.4, 0.5) is 0 Å². The molecule has 0 radical (unpaired) electrons. The van der Waals surface area contributed by atoms with Crippen LogP contribution in [-0.4, -0.2) is 19.1 Å². The number of hydrogen-bond donors (Lipinski definition) is 1. The average molecular weight is 224 g/mol. The summed E-state index contributed by atoms with van der Waals surface area (Å²) in [6.07, 6.45) is 11.6. The Balaban J connectivity index is 0.00000106. The number of rotatable bonds is 6. The first-order valence-corrected chi connectivity index (χ1v) is 6.91.